The molecule has 1 aromatic heterocycles. The lowest BCUT2D eigenvalue weighted by atomic mass is 10.2. The highest BCUT2D eigenvalue weighted by molar-refractivity contribution is 5.77. The molecule has 90 valence electrons. The second-order valence-corrected chi connectivity index (χ2v) is 4.35. The third kappa shape index (κ3) is 5.45. The Labute approximate surface area is 94.4 Å². The number of hydrogen-bond donors (Lipinski definition) is 1. The summed E-state index contributed by atoms with van der Waals surface area (Å²) < 4.78 is 9.88. The first-order valence-electron chi connectivity index (χ1n) is 5.13. The molecule has 1 amide bonds. The number of carbonyl (C=O) groups excluding carboxylic acids is 1. The summed E-state index contributed by atoms with van der Waals surface area (Å²) in [5.74, 6) is 0.440. The van der Waals surface area contributed by atoms with Gasteiger partial charge in [-0.05, 0) is 20.8 Å². The van der Waals surface area contributed by atoms with Crippen molar-refractivity contribution in [2.75, 3.05) is 13.2 Å². The van der Waals surface area contributed by atoms with Gasteiger partial charge in [0.1, 0.15) is 6.61 Å². The van der Waals surface area contributed by atoms with Crippen LogP contribution in [0.2, 0.25) is 0 Å². The van der Waals surface area contributed by atoms with Gasteiger partial charge in [0.2, 0.25) is 12.3 Å². The summed E-state index contributed by atoms with van der Waals surface area (Å²) >= 11 is 0. The zero-order chi connectivity index (χ0) is 12.0. The predicted molar refractivity (Wildman–Crippen MR) is 56.7 cm³/mol. The highest BCUT2D eigenvalue weighted by Gasteiger charge is 2.12. The fourth-order valence-corrected chi connectivity index (χ4v) is 0.949. The average Bonchev–Trinajstić information content (AvgIpc) is 2.66. The molecule has 0 saturated carbocycles. The molecule has 6 heteroatoms. The normalized spacial score (nSPS) is 11.4. The molecule has 1 aromatic rings. The maximum Gasteiger partial charge on any atom is 0.246 e. The van der Waals surface area contributed by atoms with Gasteiger partial charge in [-0.1, -0.05) is 5.16 Å². The Bertz CT molecular complexity index is 317. The fourth-order valence-electron chi connectivity index (χ4n) is 0.949. The van der Waals surface area contributed by atoms with Crippen molar-refractivity contribution in [1.82, 2.24) is 15.5 Å². The van der Waals surface area contributed by atoms with Crippen LogP contribution in [0.3, 0.4) is 0 Å². The van der Waals surface area contributed by atoms with Crippen LogP contribution >= 0.6 is 0 Å². The molecule has 0 aliphatic rings. The van der Waals surface area contributed by atoms with Gasteiger partial charge in [-0.2, -0.15) is 4.98 Å². The van der Waals surface area contributed by atoms with Crippen molar-refractivity contribution in [1.29, 1.82) is 0 Å². The largest absolute Gasteiger partial charge is 0.366 e. The van der Waals surface area contributed by atoms with E-state index in [1.54, 1.807) is 0 Å². The van der Waals surface area contributed by atoms with Crippen molar-refractivity contribution in [3.63, 3.8) is 0 Å². The van der Waals surface area contributed by atoms with Gasteiger partial charge >= 0.3 is 0 Å². The second kappa shape index (κ2) is 5.60. The lowest BCUT2D eigenvalue weighted by Gasteiger charge is -2.18. The van der Waals surface area contributed by atoms with E-state index in [1.165, 1.54) is 6.39 Å². The van der Waals surface area contributed by atoms with Gasteiger partial charge in [0.05, 0.1) is 5.60 Å². The maximum atomic E-state index is 11.3. The number of carbonyl (C=O) groups is 1. The van der Waals surface area contributed by atoms with E-state index in [4.69, 9.17) is 4.74 Å². The van der Waals surface area contributed by atoms with E-state index in [-0.39, 0.29) is 18.1 Å². The Morgan fingerprint density at radius 1 is 1.56 bits per heavy atom. The van der Waals surface area contributed by atoms with Crippen molar-refractivity contribution in [2.24, 2.45) is 0 Å². The number of rotatable bonds is 5. The van der Waals surface area contributed by atoms with Gasteiger partial charge in [0.15, 0.2) is 5.82 Å². The molecule has 16 heavy (non-hydrogen) atoms. The fraction of sp³-hybridized carbons (Fsp3) is 0.700. The molecule has 0 aliphatic carbocycles. The van der Waals surface area contributed by atoms with Crippen LogP contribution in [-0.2, 0) is 16.0 Å². The summed E-state index contributed by atoms with van der Waals surface area (Å²) in [6.07, 6.45) is 1.82. The lowest BCUT2D eigenvalue weighted by molar-refractivity contribution is -0.130. The molecule has 0 atom stereocenters. The molecule has 1 heterocycles. The Morgan fingerprint density at radius 3 is 2.88 bits per heavy atom. The topological polar surface area (TPSA) is 77.2 Å². The van der Waals surface area contributed by atoms with Crippen molar-refractivity contribution < 1.29 is 14.1 Å². The molecule has 1 N–H and O–H groups in total. The second-order valence-electron chi connectivity index (χ2n) is 4.35. The highest BCUT2D eigenvalue weighted by atomic mass is 16.5. The minimum Gasteiger partial charge on any atom is -0.366 e. The minimum atomic E-state index is -0.301. The molecule has 0 spiro atoms. The lowest BCUT2D eigenvalue weighted by Crippen LogP contribution is -2.33. The van der Waals surface area contributed by atoms with Gasteiger partial charge in [0, 0.05) is 13.0 Å². The molecule has 0 aromatic carbocycles. The van der Waals surface area contributed by atoms with E-state index in [0.29, 0.717) is 18.8 Å². The average molecular weight is 227 g/mol. The van der Waals surface area contributed by atoms with Gasteiger partial charge in [0.25, 0.3) is 0 Å². The third-order valence-electron chi connectivity index (χ3n) is 1.71. The van der Waals surface area contributed by atoms with Crippen LogP contribution in [0.5, 0.6) is 0 Å². The summed E-state index contributed by atoms with van der Waals surface area (Å²) in [4.78, 5) is 15.2. The number of aromatic nitrogens is 2. The van der Waals surface area contributed by atoms with E-state index in [2.05, 4.69) is 20.0 Å². The summed E-state index contributed by atoms with van der Waals surface area (Å²) in [5.41, 5.74) is -0.301. The van der Waals surface area contributed by atoms with Crippen LogP contribution < -0.4 is 5.32 Å². The van der Waals surface area contributed by atoms with Crippen molar-refractivity contribution in [3.05, 3.63) is 12.2 Å². The molecule has 6 nitrogen and oxygen atoms in total. The first-order valence-corrected chi connectivity index (χ1v) is 5.13. The molecule has 0 bridgehead atoms. The van der Waals surface area contributed by atoms with Crippen molar-refractivity contribution in [3.8, 4) is 0 Å². The first-order chi connectivity index (χ1) is 7.47. The van der Waals surface area contributed by atoms with Crippen molar-refractivity contribution in [2.45, 2.75) is 32.8 Å². The monoisotopic (exact) mass is 227 g/mol. The van der Waals surface area contributed by atoms with Crippen LogP contribution in [0, 0.1) is 0 Å². The Kier molecular flexibility index (Phi) is 4.42. The Morgan fingerprint density at radius 2 is 2.31 bits per heavy atom. The predicted octanol–water partition coefficient (Wildman–Crippen LogP) is 0.543. The van der Waals surface area contributed by atoms with Crippen LogP contribution in [0.25, 0.3) is 0 Å². The van der Waals surface area contributed by atoms with E-state index < -0.39 is 0 Å². The summed E-state index contributed by atoms with van der Waals surface area (Å²) in [6, 6.07) is 0. The number of hydrogen-bond acceptors (Lipinski definition) is 5. The molecule has 1 rings (SSSR count). The van der Waals surface area contributed by atoms with E-state index >= 15 is 0 Å². The number of nitrogens with zero attached hydrogens (tertiary/aromatic N) is 2. The SMILES string of the molecule is CC(C)(C)OCC(=O)NCCc1ncon1. The smallest absolute Gasteiger partial charge is 0.246 e. The first kappa shape index (κ1) is 12.6. The van der Waals surface area contributed by atoms with E-state index in [0.717, 1.165) is 0 Å². The standard InChI is InChI=1S/C10H17N3O3/c1-10(2,3)15-6-9(14)11-5-4-8-12-7-16-13-8/h7H,4-6H2,1-3H3,(H,11,14). The summed E-state index contributed by atoms with van der Waals surface area (Å²) in [6.45, 7) is 6.25. The number of amides is 1. The molecule has 0 radical (unpaired) electrons. The maximum absolute atomic E-state index is 11.3. The van der Waals surface area contributed by atoms with Crippen LogP contribution in [-0.4, -0.2) is 34.8 Å². The molecule has 0 fully saturated rings. The number of ether oxygens (including phenoxy) is 1. The van der Waals surface area contributed by atoms with E-state index in [1.807, 2.05) is 20.8 Å². The van der Waals surface area contributed by atoms with Gasteiger partial charge < -0.3 is 14.6 Å². The van der Waals surface area contributed by atoms with Crippen LogP contribution in [0.1, 0.15) is 26.6 Å². The van der Waals surface area contributed by atoms with Gasteiger partial charge in [-0.25, -0.2) is 0 Å². The third-order valence-corrected chi connectivity index (χ3v) is 1.71. The van der Waals surface area contributed by atoms with Gasteiger partial charge in [-0.3, -0.25) is 4.79 Å². The molecular weight excluding hydrogens is 210 g/mol. The molecule has 0 saturated heterocycles. The zero-order valence-electron chi connectivity index (χ0n) is 9.82. The minimum absolute atomic E-state index is 0.0652. The zero-order valence-corrected chi connectivity index (χ0v) is 9.82. The summed E-state index contributed by atoms with van der Waals surface area (Å²) in [5, 5.41) is 6.34. The molecule has 0 aliphatic heterocycles. The number of nitrogens with one attached hydrogen (secondary N) is 1. The Balaban J connectivity index is 2.11. The van der Waals surface area contributed by atoms with E-state index in [9.17, 15) is 4.79 Å². The quantitative estimate of drug-likeness (QED) is 0.794. The van der Waals surface area contributed by atoms with Crippen molar-refractivity contribution >= 4 is 5.91 Å². The van der Waals surface area contributed by atoms with Gasteiger partial charge in [-0.15, -0.1) is 0 Å². The molecular formula is C10H17N3O3. The highest BCUT2D eigenvalue weighted by Crippen LogP contribution is 2.05. The van der Waals surface area contributed by atoms with Crippen LogP contribution in [0.15, 0.2) is 10.9 Å². The van der Waals surface area contributed by atoms with Crippen LogP contribution in [0.4, 0.5) is 0 Å². The molecule has 0 unspecified atom stereocenters. The Hall–Kier alpha value is -1.43. The summed E-state index contributed by atoms with van der Waals surface area (Å²) in [7, 11) is 0.